The van der Waals surface area contributed by atoms with E-state index in [-0.39, 0.29) is 15.7 Å². The highest BCUT2D eigenvalue weighted by molar-refractivity contribution is 7.58. The summed E-state index contributed by atoms with van der Waals surface area (Å²) in [6.07, 6.45) is -4.94. The molecule has 0 N–H and O–H groups in total. The van der Waals surface area contributed by atoms with Gasteiger partial charge in [0.25, 0.3) is 13.7 Å². The van der Waals surface area contributed by atoms with Gasteiger partial charge in [-0.1, -0.05) is 17.7 Å². The number of carbonyl (C=O) groups excluding carboxylic acids is 1. The van der Waals surface area contributed by atoms with Crippen LogP contribution in [0.3, 0.4) is 0 Å². The third kappa shape index (κ3) is 5.14. The van der Waals surface area contributed by atoms with Crippen LogP contribution >= 0.6 is 27.2 Å². The number of nitrogens with zero attached hydrogens (tertiary/aromatic N) is 1. The van der Waals surface area contributed by atoms with Gasteiger partial charge in [0, 0.05) is 16.1 Å². The van der Waals surface area contributed by atoms with Crippen LogP contribution in [-0.4, -0.2) is 19.7 Å². The standard InChI is InChI=1S/C17H14ClF4NO9P2/c1-30-14-5-3-10(18)7-12(14)16(19)11-4-2-9(17(20,21)22)6-13(11)23(15(16)24)8-31-34(28,29)32-33(25,26)27/h2-7H,8H2,1H3,(H,28,29)(H2,25,26,27)/p-3. The van der Waals surface area contributed by atoms with Crippen LogP contribution in [0, 0.1) is 0 Å². The van der Waals surface area contributed by atoms with Gasteiger partial charge in [0.05, 0.1) is 26.2 Å². The second-order valence-corrected chi connectivity index (χ2v) is 9.84. The first kappa shape index (κ1) is 26.6. The highest BCUT2D eigenvalue weighted by Crippen LogP contribution is 2.54. The Kier molecular flexibility index (Phi) is 6.95. The van der Waals surface area contributed by atoms with Crippen LogP contribution in [0.1, 0.15) is 16.7 Å². The summed E-state index contributed by atoms with van der Waals surface area (Å²) in [6.45, 7) is -1.53. The molecule has 2 aromatic rings. The number of ether oxygens (including phenoxy) is 1. The molecule has 2 unspecified atom stereocenters. The first-order valence-corrected chi connectivity index (χ1v) is 12.0. The molecule has 2 atom stereocenters. The van der Waals surface area contributed by atoms with Crippen LogP contribution in [0.15, 0.2) is 36.4 Å². The van der Waals surface area contributed by atoms with Crippen molar-refractivity contribution in [3.8, 4) is 5.75 Å². The Hall–Kier alpha value is -2.02. The molecule has 0 bridgehead atoms. The van der Waals surface area contributed by atoms with Crippen LogP contribution in [-0.2, 0) is 34.6 Å². The van der Waals surface area contributed by atoms with Crippen LogP contribution < -0.4 is 24.3 Å². The van der Waals surface area contributed by atoms with Gasteiger partial charge in [-0.2, -0.15) is 13.2 Å². The maximum atomic E-state index is 16.4. The Morgan fingerprint density at radius 2 is 1.74 bits per heavy atom. The molecule has 0 spiro atoms. The van der Waals surface area contributed by atoms with Crippen LogP contribution in [0.25, 0.3) is 0 Å². The minimum Gasteiger partial charge on any atom is -0.790 e. The Balaban J connectivity index is 2.15. The molecule has 1 aliphatic rings. The fourth-order valence-electron chi connectivity index (χ4n) is 3.25. The molecule has 17 heteroatoms. The molecular weight excluding hydrogens is 536 g/mol. The van der Waals surface area contributed by atoms with E-state index in [4.69, 9.17) is 16.3 Å². The number of phosphoric ester groups is 1. The van der Waals surface area contributed by atoms with E-state index < -0.39 is 62.5 Å². The molecule has 34 heavy (non-hydrogen) atoms. The predicted molar refractivity (Wildman–Crippen MR) is 101 cm³/mol. The van der Waals surface area contributed by atoms with Crippen molar-refractivity contribution in [2.45, 2.75) is 11.8 Å². The monoisotopic (exact) mass is 546 g/mol. The predicted octanol–water partition coefficient (Wildman–Crippen LogP) is 2.21. The zero-order chi connectivity index (χ0) is 25.7. The van der Waals surface area contributed by atoms with E-state index >= 15 is 4.39 Å². The molecule has 0 aliphatic carbocycles. The van der Waals surface area contributed by atoms with Crippen molar-refractivity contribution in [3.63, 3.8) is 0 Å². The molecule has 1 aliphatic heterocycles. The fourth-order valence-corrected chi connectivity index (χ4v) is 4.84. The summed E-state index contributed by atoms with van der Waals surface area (Å²) in [6, 6.07) is 4.97. The molecule has 1 amide bonds. The normalized spacial score (nSPS) is 20.3. The van der Waals surface area contributed by atoms with Gasteiger partial charge in [-0.3, -0.25) is 23.1 Å². The summed E-state index contributed by atoms with van der Waals surface area (Å²) in [4.78, 5) is 46.0. The molecule has 0 saturated carbocycles. The average molecular weight is 547 g/mol. The van der Waals surface area contributed by atoms with Crippen molar-refractivity contribution < 1.29 is 59.7 Å². The SMILES string of the molecule is COc1ccc(Cl)cc1C1(F)C(=O)N(COP(=O)([O-])OP(=O)([O-])[O-])c2cc(C(F)(F)F)ccc21. The summed E-state index contributed by atoms with van der Waals surface area (Å²) in [5.74, 6) is -1.83. The van der Waals surface area contributed by atoms with Crippen molar-refractivity contribution in [2.75, 3.05) is 18.7 Å². The van der Waals surface area contributed by atoms with Gasteiger partial charge in [0.2, 0.25) is 5.67 Å². The number of hydrogen-bond donors (Lipinski definition) is 0. The first-order valence-electron chi connectivity index (χ1n) is 8.75. The van der Waals surface area contributed by atoms with Crippen LogP contribution in [0.5, 0.6) is 5.75 Å². The minimum absolute atomic E-state index is 0.0668. The number of hydrogen-bond acceptors (Lipinski definition) is 9. The third-order valence-corrected chi connectivity index (χ3v) is 6.87. The van der Waals surface area contributed by atoms with E-state index in [1.807, 2.05) is 0 Å². The number of fused-ring (bicyclic) bond motifs is 1. The van der Waals surface area contributed by atoms with E-state index in [1.165, 1.54) is 12.1 Å². The lowest BCUT2D eigenvalue weighted by Gasteiger charge is -2.35. The molecule has 2 aromatic carbocycles. The minimum atomic E-state index is -6.11. The van der Waals surface area contributed by atoms with Gasteiger partial charge in [-0.05, 0) is 30.3 Å². The molecule has 3 rings (SSSR count). The molecule has 186 valence electrons. The second-order valence-electron chi connectivity index (χ2n) is 6.70. The second kappa shape index (κ2) is 8.89. The summed E-state index contributed by atoms with van der Waals surface area (Å²) < 4.78 is 90.8. The van der Waals surface area contributed by atoms with E-state index in [0.29, 0.717) is 18.2 Å². The molecule has 0 saturated heterocycles. The van der Waals surface area contributed by atoms with Gasteiger partial charge in [-0.25, -0.2) is 4.39 Å². The van der Waals surface area contributed by atoms with Crippen molar-refractivity contribution in [2.24, 2.45) is 0 Å². The summed E-state index contributed by atoms with van der Waals surface area (Å²) in [7, 11) is -10.9. The largest absolute Gasteiger partial charge is 0.790 e. The van der Waals surface area contributed by atoms with Crippen molar-refractivity contribution in [3.05, 3.63) is 58.1 Å². The van der Waals surface area contributed by atoms with Gasteiger partial charge in [-0.15, -0.1) is 0 Å². The van der Waals surface area contributed by atoms with Gasteiger partial charge < -0.3 is 24.0 Å². The van der Waals surface area contributed by atoms with Crippen molar-refractivity contribution >= 4 is 38.8 Å². The van der Waals surface area contributed by atoms with Crippen LogP contribution in [0.4, 0.5) is 23.2 Å². The lowest BCUT2D eigenvalue weighted by Crippen LogP contribution is -2.39. The Morgan fingerprint density at radius 3 is 2.29 bits per heavy atom. The lowest BCUT2D eigenvalue weighted by molar-refractivity contribution is -0.339. The first-order chi connectivity index (χ1) is 15.5. The Labute approximate surface area is 193 Å². The average Bonchev–Trinajstić information content (AvgIpc) is 2.91. The summed E-state index contributed by atoms with van der Waals surface area (Å²) in [5.41, 5.74) is -6.46. The number of halogens is 5. The number of rotatable bonds is 7. The van der Waals surface area contributed by atoms with Gasteiger partial charge >= 0.3 is 6.18 Å². The topological polar surface area (TPSA) is 151 Å². The number of carbonyl (C=O) groups is 1. The van der Waals surface area contributed by atoms with E-state index in [1.54, 1.807) is 0 Å². The highest BCUT2D eigenvalue weighted by atomic mass is 35.5. The molecular formula is C17H11ClF4NO9P2-3. The smallest absolute Gasteiger partial charge is 0.416 e. The number of anilines is 1. The fraction of sp³-hybridized carbons (Fsp3) is 0.235. The summed E-state index contributed by atoms with van der Waals surface area (Å²) >= 11 is 5.89. The third-order valence-electron chi connectivity index (χ3n) is 4.60. The highest BCUT2D eigenvalue weighted by Gasteiger charge is 2.55. The Bertz CT molecular complexity index is 1240. The van der Waals surface area contributed by atoms with Crippen LogP contribution in [0.2, 0.25) is 5.02 Å². The van der Waals surface area contributed by atoms with Gasteiger partial charge in [0.15, 0.2) is 0 Å². The number of benzene rings is 2. The van der Waals surface area contributed by atoms with E-state index in [0.717, 1.165) is 13.2 Å². The molecule has 0 radical (unpaired) electrons. The van der Waals surface area contributed by atoms with Crippen molar-refractivity contribution in [1.29, 1.82) is 0 Å². The lowest BCUT2D eigenvalue weighted by atomic mass is 9.88. The molecule has 1 heterocycles. The summed E-state index contributed by atoms with van der Waals surface area (Å²) in [5, 5.41) is -0.0668. The number of methoxy groups -OCH3 is 1. The zero-order valence-corrected chi connectivity index (χ0v) is 19.1. The van der Waals surface area contributed by atoms with Crippen molar-refractivity contribution in [1.82, 2.24) is 0 Å². The quantitative estimate of drug-likeness (QED) is 0.376. The van der Waals surface area contributed by atoms with Gasteiger partial charge in [0.1, 0.15) is 12.5 Å². The number of phosphoric acid groups is 2. The maximum Gasteiger partial charge on any atom is 0.416 e. The van der Waals surface area contributed by atoms with E-state index in [2.05, 4.69) is 8.83 Å². The maximum absolute atomic E-state index is 16.4. The number of amides is 1. The zero-order valence-electron chi connectivity index (χ0n) is 16.6. The molecule has 10 nitrogen and oxygen atoms in total. The number of alkyl halides is 4. The molecule has 0 aromatic heterocycles. The molecule has 0 fully saturated rings. The Morgan fingerprint density at radius 1 is 1.09 bits per heavy atom. The van der Waals surface area contributed by atoms with E-state index in [9.17, 15) is 41.8 Å².